The number of rotatable bonds is 4. The normalized spacial score (nSPS) is 12.6. The molecule has 0 heterocycles. The topological polar surface area (TPSA) is 0 Å². The van der Waals surface area contributed by atoms with Crippen molar-refractivity contribution in [2.75, 3.05) is 0 Å². The molecule has 0 saturated heterocycles. The van der Waals surface area contributed by atoms with Crippen LogP contribution in [0.4, 0.5) is 0 Å². The Morgan fingerprint density at radius 1 is 1.40 bits per heavy atom. The Labute approximate surface area is 74.3 Å². The summed E-state index contributed by atoms with van der Waals surface area (Å²) in [5.74, 6) is 0.657. The Kier molecular flexibility index (Phi) is 5.00. The van der Waals surface area contributed by atoms with Crippen LogP contribution in [0.2, 0.25) is 12.6 Å². The molecule has 0 nitrogen and oxygen atoms in total. The van der Waals surface area contributed by atoms with E-state index in [0.717, 1.165) is 12.5 Å². The minimum Gasteiger partial charge on any atom is -0.146 e. The summed E-state index contributed by atoms with van der Waals surface area (Å²) in [6.45, 7) is 4.49. The molecule has 0 N–H and O–H groups in total. The van der Waals surface area contributed by atoms with Crippen LogP contribution in [0.1, 0.15) is 20.3 Å². The summed E-state index contributed by atoms with van der Waals surface area (Å²) in [4.78, 5) is 0. The van der Waals surface area contributed by atoms with Gasteiger partial charge in [0.05, 0.1) is 0 Å². The van der Waals surface area contributed by atoms with Crippen molar-refractivity contribution < 1.29 is 0 Å². The first kappa shape index (κ1) is 10.8. The van der Waals surface area contributed by atoms with Gasteiger partial charge in [-0.2, -0.15) is 0 Å². The Morgan fingerprint density at radius 2 is 1.90 bits per heavy atom. The Hall–Kier alpha value is 0.797. The van der Waals surface area contributed by atoms with Gasteiger partial charge in [-0.25, -0.2) is 0 Å². The summed E-state index contributed by atoms with van der Waals surface area (Å²) in [5, 5.41) is 0. The highest BCUT2D eigenvalue weighted by Gasteiger charge is 2.19. The van der Waals surface area contributed by atoms with Gasteiger partial charge >= 0.3 is 0 Å². The van der Waals surface area contributed by atoms with Crippen LogP contribution in [0.25, 0.3) is 0 Å². The molecule has 0 amide bonds. The highest BCUT2D eigenvalue weighted by molar-refractivity contribution is 7.44. The van der Waals surface area contributed by atoms with E-state index in [1.165, 1.54) is 0 Å². The van der Waals surface area contributed by atoms with Crippen LogP contribution < -0.4 is 0 Å². The zero-order valence-electron chi connectivity index (χ0n) is 6.82. The summed E-state index contributed by atoms with van der Waals surface area (Å²) >= 11 is 11.8. The summed E-state index contributed by atoms with van der Waals surface area (Å²) in [5.41, 5.74) is 0. The van der Waals surface area contributed by atoms with E-state index in [0.29, 0.717) is 5.92 Å². The standard InChI is InChI=1S/C7H15Cl2Si/c1-7(2)5-4-6-10(3,8)9/h5,7H,4,6H2,1-3H3. The molecule has 0 unspecified atom stereocenters. The minimum absolute atomic E-state index is 0.657. The summed E-state index contributed by atoms with van der Waals surface area (Å²) < 4.78 is 0. The predicted octanol–water partition coefficient (Wildman–Crippen LogP) is 3.79. The monoisotopic (exact) mass is 197 g/mol. The molecular weight excluding hydrogens is 183 g/mol. The summed E-state index contributed by atoms with van der Waals surface area (Å²) in [7, 11) is 0. The summed E-state index contributed by atoms with van der Waals surface area (Å²) in [6.07, 6.45) is 3.32. The SMILES string of the molecule is CC(C)[CH]CC[Si](C)(Cl)Cl. The molecule has 0 bridgehead atoms. The molecule has 0 aliphatic heterocycles. The molecule has 3 heteroatoms. The van der Waals surface area contributed by atoms with Gasteiger partial charge in [0.1, 0.15) is 0 Å². The van der Waals surface area contributed by atoms with E-state index >= 15 is 0 Å². The van der Waals surface area contributed by atoms with Gasteiger partial charge in [0.2, 0.25) is 6.69 Å². The van der Waals surface area contributed by atoms with E-state index in [-0.39, 0.29) is 0 Å². The molecule has 0 saturated carbocycles. The molecule has 0 aliphatic carbocycles. The van der Waals surface area contributed by atoms with E-state index in [1.54, 1.807) is 0 Å². The average Bonchev–Trinajstić information content (AvgIpc) is 1.59. The van der Waals surface area contributed by atoms with Gasteiger partial charge in [0.25, 0.3) is 0 Å². The van der Waals surface area contributed by atoms with Crippen molar-refractivity contribution in [3.63, 3.8) is 0 Å². The average molecular weight is 198 g/mol. The van der Waals surface area contributed by atoms with Crippen LogP contribution in [0.5, 0.6) is 0 Å². The molecule has 0 aromatic rings. The second kappa shape index (κ2) is 4.63. The molecule has 1 radical (unpaired) electrons. The van der Waals surface area contributed by atoms with Crippen LogP contribution in [0.15, 0.2) is 0 Å². The van der Waals surface area contributed by atoms with E-state index in [1.807, 2.05) is 6.55 Å². The Balaban J connectivity index is 3.21. The number of hydrogen-bond acceptors (Lipinski definition) is 0. The highest BCUT2D eigenvalue weighted by atomic mass is 35.7. The van der Waals surface area contributed by atoms with E-state index in [2.05, 4.69) is 20.3 Å². The molecule has 0 spiro atoms. The second-order valence-electron chi connectivity index (χ2n) is 3.09. The molecule has 0 fully saturated rings. The number of halogens is 2. The van der Waals surface area contributed by atoms with E-state index < -0.39 is 6.69 Å². The van der Waals surface area contributed by atoms with Crippen LogP contribution >= 0.6 is 22.2 Å². The van der Waals surface area contributed by atoms with Crippen LogP contribution in [0, 0.1) is 12.3 Å². The van der Waals surface area contributed by atoms with Crippen LogP contribution in [-0.2, 0) is 0 Å². The Bertz CT molecular complexity index is 86.1. The van der Waals surface area contributed by atoms with Gasteiger partial charge in [-0.15, -0.1) is 22.2 Å². The molecule has 0 rings (SSSR count). The van der Waals surface area contributed by atoms with Gasteiger partial charge in [0, 0.05) is 0 Å². The zero-order valence-corrected chi connectivity index (χ0v) is 9.34. The summed E-state index contributed by atoms with van der Waals surface area (Å²) in [6, 6.07) is 0.980. The van der Waals surface area contributed by atoms with Gasteiger partial charge in [-0.1, -0.05) is 20.3 Å². The maximum Gasteiger partial charge on any atom is 0.248 e. The van der Waals surface area contributed by atoms with Crippen molar-refractivity contribution in [2.24, 2.45) is 5.92 Å². The van der Waals surface area contributed by atoms with Crippen molar-refractivity contribution in [1.29, 1.82) is 0 Å². The van der Waals surface area contributed by atoms with Crippen molar-refractivity contribution in [1.82, 2.24) is 0 Å². The first-order chi connectivity index (χ1) is 4.42. The van der Waals surface area contributed by atoms with E-state index in [9.17, 15) is 0 Å². The lowest BCUT2D eigenvalue weighted by Gasteiger charge is -2.09. The lowest BCUT2D eigenvalue weighted by Crippen LogP contribution is -2.12. The number of hydrogen-bond donors (Lipinski definition) is 0. The molecule has 0 atom stereocenters. The lowest BCUT2D eigenvalue weighted by atomic mass is 10.1. The third kappa shape index (κ3) is 8.80. The van der Waals surface area contributed by atoms with Crippen LogP contribution in [-0.4, -0.2) is 6.69 Å². The Morgan fingerprint density at radius 3 is 2.20 bits per heavy atom. The molecule has 10 heavy (non-hydrogen) atoms. The smallest absolute Gasteiger partial charge is 0.146 e. The van der Waals surface area contributed by atoms with Gasteiger partial charge in [-0.05, 0) is 24.9 Å². The molecule has 0 aromatic heterocycles. The molecule has 0 aromatic carbocycles. The van der Waals surface area contributed by atoms with Gasteiger partial charge in [0.15, 0.2) is 0 Å². The van der Waals surface area contributed by atoms with Gasteiger partial charge in [-0.3, -0.25) is 0 Å². The van der Waals surface area contributed by atoms with Crippen molar-refractivity contribution >= 4 is 28.9 Å². The quantitative estimate of drug-likeness (QED) is 0.476. The van der Waals surface area contributed by atoms with Crippen molar-refractivity contribution in [2.45, 2.75) is 32.9 Å². The fourth-order valence-corrected chi connectivity index (χ4v) is 2.00. The maximum atomic E-state index is 5.90. The fraction of sp³-hybridized carbons (Fsp3) is 0.857. The maximum absolute atomic E-state index is 5.90. The first-order valence-electron chi connectivity index (χ1n) is 3.63. The molecule has 61 valence electrons. The largest absolute Gasteiger partial charge is 0.248 e. The first-order valence-corrected chi connectivity index (χ1v) is 8.36. The zero-order chi connectivity index (χ0) is 8.20. The molecule has 0 aliphatic rings. The third-order valence-electron chi connectivity index (χ3n) is 1.22. The van der Waals surface area contributed by atoms with Crippen LogP contribution in [0.3, 0.4) is 0 Å². The minimum atomic E-state index is -1.81. The highest BCUT2D eigenvalue weighted by Crippen LogP contribution is 2.23. The fourth-order valence-electron chi connectivity index (χ4n) is 0.670. The van der Waals surface area contributed by atoms with Crippen molar-refractivity contribution in [3.05, 3.63) is 6.42 Å². The lowest BCUT2D eigenvalue weighted by molar-refractivity contribution is 0.721. The van der Waals surface area contributed by atoms with Gasteiger partial charge < -0.3 is 0 Å². The van der Waals surface area contributed by atoms with E-state index in [4.69, 9.17) is 22.2 Å². The third-order valence-corrected chi connectivity index (χ3v) is 3.52. The van der Waals surface area contributed by atoms with Crippen molar-refractivity contribution in [3.8, 4) is 0 Å². The predicted molar refractivity (Wildman–Crippen MR) is 51.9 cm³/mol. The second-order valence-corrected chi connectivity index (χ2v) is 11.3. The molecular formula is C7H15Cl2Si.